The summed E-state index contributed by atoms with van der Waals surface area (Å²) in [6.07, 6.45) is -3.55. The molecule has 27 heavy (non-hydrogen) atoms. The third-order valence-corrected chi connectivity index (χ3v) is 6.17. The van der Waals surface area contributed by atoms with Crippen LogP contribution in [0.15, 0.2) is 23.1 Å². The van der Waals surface area contributed by atoms with Crippen LogP contribution < -0.4 is 5.32 Å². The summed E-state index contributed by atoms with van der Waals surface area (Å²) in [5.41, 5.74) is -2.04. The first-order valence-electron chi connectivity index (χ1n) is 8.15. The number of hydrogen-bond donors (Lipinski definition) is 1. The Morgan fingerprint density at radius 1 is 1.37 bits per heavy atom. The Hall–Kier alpha value is -1.36. The van der Waals surface area contributed by atoms with Crippen molar-refractivity contribution >= 4 is 28.4 Å². The van der Waals surface area contributed by atoms with E-state index >= 15 is 0 Å². The quantitative estimate of drug-likeness (QED) is 0.727. The largest absolute Gasteiger partial charge is 0.465 e. The molecule has 154 valence electrons. The Morgan fingerprint density at radius 3 is 2.59 bits per heavy atom. The molecule has 0 aliphatic carbocycles. The highest BCUT2D eigenvalue weighted by atomic mass is 35.5. The van der Waals surface area contributed by atoms with Crippen molar-refractivity contribution < 1.29 is 31.1 Å². The number of sulfonamides is 1. The van der Waals surface area contributed by atoms with Crippen molar-refractivity contribution in [2.45, 2.75) is 36.9 Å². The van der Waals surface area contributed by atoms with Gasteiger partial charge in [0.1, 0.15) is 0 Å². The van der Waals surface area contributed by atoms with Gasteiger partial charge in [-0.1, -0.05) is 13.3 Å². The van der Waals surface area contributed by atoms with Gasteiger partial charge in [-0.25, -0.2) is 13.2 Å². The van der Waals surface area contributed by atoms with Gasteiger partial charge in [-0.15, -0.1) is 12.4 Å². The smallest absolute Gasteiger partial charge is 0.417 e. The lowest BCUT2D eigenvalue weighted by Crippen LogP contribution is -2.53. The molecule has 6 nitrogen and oxygen atoms in total. The predicted molar refractivity (Wildman–Crippen MR) is 95.5 cm³/mol. The first kappa shape index (κ1) is 23.7. The average molecular weight is 431 g/mol. The van der Waals surface area contributed by atoms with E-state index in [1.54, 1.807) is 0 Å². The number of benzene rings is 1. The van der Waals surface area contributed by atoms with Crippen molar-refractivity contribution in [2.24, 2.45) is 0 Å². The van der Waals surface area contributed by atoms with E-state index < -0.39 is 38.2 Å². The summed E-state index contributed by atoms with van der Waals surface area (Å²) in [4.78, 5) is 11.1. The standard InChI is InChI=1S/C16H21F3N2O4S.ClH/c1-3-4-11-10-20-7-8-21(11)26(23,24)12-5-6-13(15(22)25-2)14(9-12)16(17,18)19;/h5-6,9,11,20H,3-4,7-8,10H2,1-2H3;1H. The van der Waals surface area contributed by atoms with E-state index in [9.17, 15) is 26.4 Å². The number of nitrogens with zero attached hydrogens (tertiary/aromatic N) is 1. The number of rotatable bonds is 5. The van der Waals surface area contributed by atoms with Gasteiger partial charge in [-0.05, 0) is 24.6 Å². The average Bonchev–Trinajstić information content (AvgIpc) is 2.60. The molecule has 1 aromatic rings. The van der Waals surface area contributed by atoms with Crippen LogP contribution in [0.1, 0.15) is 35.7 Å². The van der Waals surface area contributed by atoms with Gasteiger partial charge in [-0.2, -0.15) is 17.5 Å². The molecule has 0 aromatic heterocycles. The minimum atomic E-state index is -4.89. The zero-order valence-electron chi connectivity index (χ0n) is 14.9. The fraction of sp³-hybridized carbons (Fsp3) is 0.562. The predicted octanol–water partition coefficient (Wildman–Crippen LogP) is 2.68. The van der Waals surface area contributed by atoms with E-state index in [4.69, 9.17) is 0 Å². The molecular weight excluding hydrogens is 409 g/mol. The van der Waals surface area contributed by atoms with Crippen molar-refractivity contribution in [1.29, 1.82) is 0 Å². The summed E-state index contributed by atoms with van der Waals surface area (Å²) in [7, 11) is -3.16. The van der Waals surface area contributed by atoms with Gasteiger partial charge in [0.25, 0.3) is 0 Å². The van der Waals surface area contributed by atoms with Crippen molar-refractivity contribution in [1.82, 2.24) is 9.62 Å². The normalized spacial score (nSPS) is 18.6. The Morgan fingerprint density at radius 2 is 2.04 bits per heavy atom. The molecule has 2 rings (SSSR count). The number of alkyl halides is 3. The van der Waals surface area contributed by atoms with Gasteiger partial charge in [0, 0.05) is 25.7 Å². The van der Waals surface area contributed by atoms with E-state index in [1.807, 2.05) is 6.92 Å². The molecule has 0 amide bonds. The van der Waals surface area contributed by atoms with Crippen molar-refractivity contribution in [3.05, 3.63) is 29.3 Å². The van der Waals surface area contributed by atoms with E-state index in [-0.39, 0.29) is 25.0 Å². The maximum atomic E-state index is 13.3. The lowest BCUT2D eigenvalue weighted by Gasteiger charge is -2.35. The Bertz CT molecular complexity index is 769. The number of halogens is 4. The summed E-state index contributed by atoms with van der Waals surface area (Å²) < 4.78 is 71.4. The second kappa shape index (κ2) is 9.22. The molecule has 1 fully saturated rings. The van der Waals surface area contributed by atoms with E-state index in [2.05, 4.69) is 10.1 Å². The molecule has 1 atom stereocenters. The maximum Gasteiger partial charge on any atom is 0.417 e. The minimum Gasteiger partial charge on any atom is -0.465 e. The molecule has 0 saturated carbocycles. The molecule has 1 N–H and O–H groups in total. The van der Waals surface area contributed by atoms with E-state index in [1.165, 1.54) is 4.31 Å². The molecule has 0 radical (unpaired) electrons. The summed E-state index contributed by atoms with van der Waals surface area (Å²) >= 11 is 0. The van der Waals surface area contributed by atoms with E-state index in [0.29, 0.717) is 25.6 Å². The van der Waals surface area contributed by atoms with Crippen LogP contribution in [-0.2, 0) is 20.9 Å². The van der Waals surface area contributed by atoms with E-state index in [0.717, 1.165) is 25.7 Å². The zero-order chi connectivity index (χ0) is 19.5. The van der Waals surface area contributed by atoms with Crippen LogP contribution in [0.2, 0.25) is 0 Å². The maximum absolute atomic E-state index is 13.3. The number of methoxy groups -OCH3 is 1. The van der Waals surface area contributed by atoms with Crippen LogP contribution in [0.3, 0.4) is 0 Å². The summed E-state index contributed by atoms with van der Waals surface area (Å²) in [6, 6.07) is 2.04. The van der Waals surface area contributed by atoms with Gasteiger partial charge in [0.2, 0.25) is 10.0 Å². The van der Waals surface area contributed by atoms with Gasteiger partial charge in [0.05, 0.1) is 23.1 Å². The van der Waals surface area contributed by atoms with Gasteiger partial charge in [-0.3, -0.25) is 0 Å². The van der Waals surface area contributed by atoms with Crippen molar-refractivity contribution in [3.8, 4) is 0 Å². The second-order valence-corrected chi connectivity index (χ2v) is 7.85. The first-order chi connectivity index (χ1) is 12.1. The molecular formula is C16H22ClF3N2O4S. The minimum absolute atomic E-state index is 0. The summed E-state index contributed by atoms with van der Waals surface area (Å²) in [5.74, 6) is -1.17. The Balaban J connectivity index is 0.00000364. The van der Waals surface area contributed by atoms with Crippen LogP contribution in [0, 0.1) is 0 Å². The number of esters is 1. The monoisotopic (exact) mass is 430 g/mol. The lowest BCUT2D eigenvalue weighted by molar-refractivity contribution is -0.138. The van der Waals surface area contributed by atoms with Gasteiger partial charge in [0.15, 0.2) is 0 Å². The highest BCUT2D eigenvalue weighted by Crippen LogP contribution is 2.35. The Labute approximate surface area is 162 Å². The number of carbonyl (C=O) groups is 1. The molecule has 1 aliphatic rings. The molecule has 11 heteroatoms. The van der Waals surface area contributed by atoms with Crippen molar-refractivity contribution in [2.75, 3.05) is 26.7 Å². The molecule has 1 heterocycles. The molecule has 1 aliphatic heterocycles. The zero-order valence-corrected chi connectivity index (χ0v) is 16.5. The SMILES string of the molecule is CCCC1CNCCN1S(=O)(=O)c1ccc(C(=O)OC)c(C(F)(F)F)c1.Cl. The van der Waals surface area contributed by atoms with Gasteiger partial charge < -0.3 is 10.1 Å². The molecule has 1 saturated heterocycles. The van der Waals surface area contributed by atoms with Gasteiger partial charge >= 0.3 is 12.1 Å². The molecule has 0 spiro atoms. The number of hydrogen-bond acceptors (Lipinski definition) is 5. The van der Waals surface area contributed by atoms with Crippen LogP contribution >= 0.6 is 12.4 Å². The summed E-state index contributed by atoms with van der Waals surface area (Å²) in [5, 5.41) is 3.09. The third-order valence-electron chi connectivity index (χ3n) is 4.23. The van der Waals surface area contributed by atoms with Crippen LogP contribution in [0.4, 0.5) is 13.2 Å². The number of ether oxygens (including phenoxy) is 1. The summed E-state index contributed by atoms with van der Waals surface area (Å²) in [6.45, 7) is 2.95. The number of piperazine rings is 1. The highest BCUT2D eigenvalue weighted by Gasteiger charge is 2.39. The molecule has 1 aromatic carbocycles. The Kier molecular flexibility index (Phi) is 8.09. The van der Waals surface area contributed by atoms with Crippen LogP contribution in [-0.4, -0.2) is 51.5 Å². The highest BCUT2D eigenvalue weighted by molar-refractivity contribution is 7.89. The third kappa shape index (κ3) is 5.13. The topological polar surface area (TPSA) is 75.7 Å². The number of nitrogens with one attached hydrogen (secondary N) is 1. The van der Waals surface area contributed by atoms with Crippen LogP contribution in [0.5, 0.6) is 0 Å². The first-order valence-corrected chi connectivity index (χ1v) is 9.59. The number of carbonyl (C=O) groups excluding carboxylic acids is 1. The molecule has 1 unspecified atom stereocenters. The fourth-order valence-corrected chi connectivity index (χ4v) is 4.66. The lowest BCUT2D eigenvalue weighted by atomic mass is 10.1. The second-order valence-electron chi connectivity index (χ2n) is 5.96. The molecule has 0 bridgehead atoms. The van der Waals surface area contributed by atoms with Crippen molar-refractivity contribution in [3.63, 3.8) is 0 Å². The van der Waals surface area contributed by atoms with Crippen LogP contribution in [0.25, 0.3) is 0 Å². The fourth-order valence-electron chi connectivity index (χ4n) is 2.98.